The van der Waals surface area contributed by atoms with Gasteiger partial charge < -0.3 is 19.6 Å². The van der Waals surface area contributed by atoms with Gasteiger partial charge in [-0.1, -0.05) is 0 Å². The van der Waals surface area contributed by atoms with Gasteiger partial charge in [-0.2, -0.15) is 0 Å². The lowest BCUT2D eigenvalue weighted by molar-refractivity contribution is -0.127. The Morgan fingerprint density at radius 1 is 1.43 bits per heavy atom. The van der Waals surface area contributed by atoms with Gasteiger partial charge in [0.05, 0.1) is 0 Å². The van der Waals surface area contributed by atoms with Gasteiger partial charge in [0.25, 0.3) is 5.91 Å². The lowest BCUT2D eigenvalue weighted by Gasteiger charge is -2.12. The first-order chi connectivity index (χ1) is 9.88. The van der Waals surface area contributed by atoms with Gasteiger partial charge in [-0.25, -0.2) is 9.59 Å². The number of urea groups is 1. The van der Waals surface area contributed by atoms with Crippen LogP contribution in [-0.2, 0) is 16.1 Å². The van der Waals surface area contributed by atoms with E-state index in [1.54, 1.807) is 6.92 Å². The van der Waals surface area contributed by atoms with E-state index in [4.69, 9.17) is 14.3 Å². The summed E-state index contributed by atoms with van der Waals surface area (Å²) in [5, 5.41) is 13.3. The van der Waals surface area contributed by atoms with Crippen molar-refractivity contribution in [2.45, 2.75) is 33.5 Å². The van der Waals surface area contributed by atoms with Crippen LogP contribution in [0.25, 0.3) is 0 Å². The summed E-state index contributed by atoms with van der Waals surface area (Å²) in [7, 11) is 0. The summed E-state index contributed by atoms with van der Waals surface area (Å²) < 4.78 is 10.1. The zero-order valence-electron chi connectivity index (χ0n) is 12.1. The quantitative estimate of drug-likeness (QED) is 0.680. The van der Waals surface area contributed by atoms with E-state index in [2.05, 4.69) is 5.32 Å². The van der Waals surface area contributed by atoms with E-state index in [1.165, 1.54) is 19.9 Å². The number of nitrogens with one attached hydrogen (secondary N) is 2. The fourth-order valence-electron chi connectivity index (χ4n) is 1.52. The fraction of sp³-hybridized carbons (Fsp3) is 0.462. The molecule has 0 radical (unpaired) electrons. The summed E-state index contributed by atoms with van der Waals surface area (Å²) in [5.41, 5.74) is 0.122. The number of ether oxygens (including phenoxy) is 1. The number of aryl methyl sites for hydroxylation is 1. The molecule has 0 aliphatic heterocycles. The topological polar surface area (TPSA) is 118 Å². The highest BCUT2D eigenvalue weighted by Crippen LogP contribution is 2.16. The van der Waals surface area contributed by atoms with Crippen molar-refractivity contribution in [2.24, 2.45) is 0 Å². The van der Waals surface area contributed by atoms with Crippen LogP contribution in [0.1, 0.15) is 35.7 Å². The number of amides is 3. The Bertz CT molecular complexity index is 537. The molecule has 3 N–H and O–H groups in total. The van der Waals surface area contributed by atoms with Crippen molar-refractivity contribution in [2.75, 3.05) is 6.54 Å². The zero-order chi connectivity index (χ0) is 16.0. The number of rotatable bonds is 5. The predicted molar refractivity (Wildman–Crippen MR) is 71.5 cm³/mol. The molecule has 1 unspecified atom stereocenters. The van der Waals surface area contributed by atoms with Crippen molar-refractivity contribution in [1.82, 2.24) is 10.6 Å². The number of esters is 1. The Morgan fingerprint density at radius 2 is 2.10 bits per heavy atom. The van der Waals surface area contributed by atoms with E-state index >= 15 is 0 Å². The van der Waals surface area contributed by atoms with Crippen LogP contribution in [0.4, 0.5) is 4.79 Å². The van der Waals surface area contributed by atoms with Crippen molar-refractivity contribution in [3.05, 3.63) is 23.2 Å². The van der Waals surface area contributed by atoms with E-state index in [0.717, 1.165) is 0 Å². The third-order valence-electron chi connectivity index (χ3n) is 2.57. The van der Waals surface area contributed by atoms with Crippen LogP contribution < -0.4 is 10.6 Å². The molecule has 8 nitrogen and oxygen atoms in total. The van der Waals surface area contributed by atoms with Crippen molar-refractivity contribution in [3.63, 3.8) is 0 Å². The molecule has 0 spiro atoms. The zero-order valence-corrected chi connectivity index (χ0v) is 12.1. The first kappa shape index (κ1) is 16.7. The molecule has 1 rings (SSSR count). The molecule has 0 saturated carbocycles. The highest BCUT2D eigenvalue weighted by molar-refractivity contribution is 5.98. The molecule has 0 aromatic carbocycles. The standard InChI is InChI=1S/C13H18N2O6/c1-4-14-13(19)15-11(17)8(3)21-12(18)10-5-9(6-16)20-7(10)2/h5,8,16H,4,6H2,1-3H3,(H2,14,15,17,19). The molecule has 1 atom stereocenters. The van der Waals surface area contributed by atoms with Gasteiger partial charge in [-0.3, -0.25) is 10.1 Å². The van der Waals surface area contributed by atoms with Crippen LogP contribution in [0.5, 0.6) is 0 Å². The van der Waals surface area contributed by atoms with Crippen LogP contribution in [0, 0.1) is 6.92 Å². The van der Waals surface area contributed by atoms with Crippen molar-refractivity contribution >= 4 is 17.9 Å². The molecule has 21 heavy (non-hydrogen) atoms. The molecule has 0 saturated heterocycles. The van der Waals surface area contributed by atoms with Gasteiger partial charge in [-0.15, -0.1) is 0 Å². The number of aliphatic hydroxyl groups excluding tert-OH is 1. The Balaban J connectivity index is 2.62. The van der Waals surface area contributed by atoms with Gasteiger partial charge >= 0.3 is 12.0 Å². The van der Waals surface area contributed by atoms with E-state index in [-0.39, 0.29) is 23.7 Å². The lowest BCUT2D eigenvalue weighted by atomic mass is 10.2. The van der Waals surface area contributed by atoms with Gasteiger partial charge in [0.15, 0.2) is 6.10 Å². The van der Waals surface area contributed by atoms with Gasteiger partial charge in [0.2, 0.25) is 0 Å². The predicted octanol–water partition coefficient (Wildman–Crippen LogP) is 0.471. The molecule has 1 aromatic heterocycles. The summed E-state index contributed by atoms with van der Waals surface area (Å²) in [6.07, 6.45) is -1.15. The molecule has 8 heteroatoms. The Morgan fingerprint density at radius 3 is 2.62 bits per heavy atom. The average Bonchev–Trinajstić information content (AvgIpc) is 2.80. The molecule has 3 amide bonds. The van der Waals surface area contributed by atoms with Gasteiger partial charge in [0.1, 0.15) is 23.7 Å². The van der Waals surface area contributed by atoms with Crippen LogP contribution in [-0.4, -0.2) is 35.7 Å². The molecule has 0 aliphatic carbocycles. The molecule has 116 valence electrons. The Kier molecular flexibility index (Phi) is 5.92. The second-order valence-corrected chi connectivity index (χ2v) is 4.24. The minimum atomic E-state index is -1.15. The van der Waals surface area contributed by atoms with Crippen molar-refractivity contribution < 1.29 is 28.6 Å². The van der Waals surface area contributed by atoms with Crippen molar-refractivity contribution in [1.29, 1.82) is 0 Å². The monoisotopic (exact) mass is 298 g/mol. The summed E-state index contributed by atoms with van der Waals surface area (Å²) in [6, 6.07) is 0.680. The van der Waals surface area contributed by atoms with Crippen LogP contribution in [0.15, 0.2) is 10.5 Å². The second-order valence-electron chi connectivity index (χ2n) is 4.24. The van der Waals surface area contributed by atoms with E-state index in [1.807, 2.05) is 5.32 Å². The number of imide groups is 1. The molecule has 0 bridgehead atoms. The summed E-state index contributed by atoms with van der Waals surface area (Å²) in [5.74, 6) is -1.01. The van der Waals surface area contributed by atoms with Crippen LogP contribution in [0.2, 0.25) is 0 Å². The summed E-state index contributed by atoms with van der Waals surface area (Å²) in [4.78, 5) is 34.7. The third-order valence-corrected chi connectivity index (χ3v) is 2.57. The number of hydrogen-bond acceptors (Lipinski definition) is 6. The maximum atomic E-state index is 11.9. The normalized spacial score (nSPS) is 11.6. The maximum absolute atomic E-state index is 11.9. The number of furan rings is 1. The highest BCUT2D eigenvalue weighted by atomic mass is 16.5. The molecule has 0 fully saturated rings. The maximum Gasteiger partial charge on any atom is 0.342 e. The first-order valence-corrected chi connectivity index (χ1v) is 6.38. The minimum absolute atomic E-state index is 0.122. The number of carbonyl (C=O) groups excluding carboxylic acids is 3. The molecule has 0 aliphatic rings. The molecule has 1 heterocycles. The number of aliphatic hydroxyl groups is 1. The minimum Gasteiger partial charge on any atom is -0.463 e. The van der Waals surface area contributed by atoms with Gasteiger partial charge in [0, 0.05) is 6.54 Å². The average molecular weight is 298 g/mol. The van der Waals surface area contributed by atoms with E-state index in [9.17, 15) is 14.4 Å². The summed E-state index contributed by atoms with van der Waals surface area (Å²) in [6.45, 7) is 4.60. The smallest absolute Gasteiger partial charge is 0.342 e. The molecular formula is C13H18N2O6. The Hall–Kier alpha value is -2.35. The van der Waals surface area contributed by atoms with Crippen LogP contribution in [0.3, 0.4) is 0 Å². The van der Waals surface area contributed by atoms with E-state index < -0.39 is 24.0 Å². The fourth-order valence-corrected chi connectivity index (χ4v) is 1.52. The second kappa shape index (κ2) is 7.44. The van der Waals surface area contributed by atoms with Crippen molar-refractivity contribution in [3.8, 4) is 0 Å². The lowest BCUT2D eigenvalue weighted by Crippen LogP contribution is -2.44. The largest absolute Gasteiger partial charge is 0.463 e. The SMILES string of the molecule is CCNC(=O)NC(=O)C(C)OC(=O)c1cc(CO)oc1C. The molecule has 1 aromatic rings. The number of carbonyl (C=O) groups is 3. The number of hydrogen-bond donors (Lipinski definition) is 3. The van der Waals surface area contributed by atoms with Gasteiger partial charge in [-0.05, 0) is 26.8 Å². The third kappa shape index (κ3) is 4.60. The van der Waals surface area contributed by atoms with Crippen LogP contribution >= 0.6 is 0 Å². The summed E-state index contributed by atoms with van der Waals surface area (Å²) >= 11 is 0. The van der Waals surface area contributed by atoms with E-state index in [0.29, 0.717) is 6.54 Å². The Labute approximate surface area is 121 Å². The molecular weight excluding hydrogens is 280 g/mol. The highest BCUT2D eigenvalue weighted by Gasteiger charge is 2.23. The first-order valence-electron chi connectivity index (χ1n) is 6.38.